The maximum atomic E-state index is 11.9. The van der Waals surface area contributed by atoms with Gasteiger partial charge < -0.3 is 14.6 Å². The lowest BCUT2D eigenvalue weighted by Crippen LogP contribution is -2.21. The van der Waals surface area contributed by atoms with Crippen LogP contribution in [-0.4, -0.2) is 28.6 Å². The van der Waals surface area contributed by atoms with Crippen molar-refractivity contribution in [2.45, 2.75) is 12.8 Å². The van der Waals surface area contributed by atoms with Gasteiger partial charge in [0.05, 0.1) is 22.2 Å². The largest absolute Gasteiger partial charge is 0.456 e. The van der Waals surface area contributed by atoms with Gasteiger partial charge >= 0.3 is 5.97 Å². The number of esters is 1. The minimum Gasteiger partial charge on any atom is -0.456 e. The van der Waals surface area contributed by atoms with Crippen LogP contribution in [0.1, 0.15) is 12.3 Å². The van der Waals surface area contributed by atoms with E-state index in [4.69, 9.17) is 44.1 Å². The first-order chi connectivity index (χ1) is 13.9. The number of ether oxygens (including phenoxy) is 1. The molecule has 7 nitrogen and oxygen atoms in total. The molecular weight excluding hydrogens is 441 g/mol. The first-order valence-electron chi connectivity index (χ1n) is 8.40. The predicted octanol–water partition coefficient (Wildman–Crippen LogP) is 4.81. The minimum atomic E-state index is -0.586. The number of benzene rings is 2. The molecule has 2 aromatic carbocycles. The SMILES string of the molecule is O=C(COC(=O)CCc1nc(-c2ccc(Cl)cc2)no1)Nc1c(Cl)cccc1Cl. The van der Waals surface area contributed by atoms with Crippen LogP contribution in [0.15, 0.2) is 47.0 Å². The number of hydrogen-bond donors (Lipinski definition) is 1. The van der Waals surface area contributed by atoms with Crippen LogP contribution in [0.4, 0.5) is 5.69 Å². The van der Waals surface area contributed by atoms with Crippen molar-refractivity contribution in [2.75, 3.05) is 11.9 Å². The number of aromatic nitrogens is 2. The molecule has 0 saturated heterocycles. The highest BCUT2D eigenvalue weighted by Crippen LogP contribution is 2.29. The Morgan fingerprint density at radius 2 is 1.72 bits per heavy atom. The van der Waals surface area contributed by atoms with E-state index in [0.29, 0.717) is 10.8 Å². The zero-order valence-corrected chi connectivity index (χ0v) is 17.1. The Morgan fingerprint density at radius 1 is 1.03 bits per heavy atom. The van der Waals surface area contributed by atoms with Crippen molar-refractivity contribution >= 4 is 52.4 Å². The van der Waals surface area contributed by atoms with Crippen molar-refractivity contribution in [3.8, 4) is 11.4 Å². The second-order valence-electron chi connectivity index (χ2n) is 5.82. The Labute approximate surface area is 180 Å². The molecule has 1 heterocycles. The van der Waals surface area contributed by atoms with Crippen LogP contribution in [0.5, 0.6) is 0 Å². The molecule has 0 aliphatic carbocycles. The van der Waals surface area contributed by atoms with Crippen LogP contribution in [0.2, 0.25) is 15.1 Å². The number of nitrogens with zero attached hydrogens (tertiary/aromatic N) is 2. The Balaban J connectivity index is 1.45. The van der Waals surface area contributed by atoms with Gasteiger partial charge in [-0.05, 0) is 36.4 Å². The highest BCUT2D eigenvalue weighted by Gasteiger charge is 2.14. The molecule has 0 aliphatic heterocycles. The fourth-order valence-electron chi connectivity index (χ4n) is 2.29. The van der Waals surface area contributed by atoms with Crippen molar-refractivity contribution in [1.29, 1.82) is 0 Å². The summed E-state index contributed by atoms with van der Waals surface area (Å²) in [6.07, 6.45) is 0.153. The number of amides is 1. The fourth-order valence-corrected chi connectivity index (χ4v) is 2.91. The molecule has 0 bridgehead atoms. The summed E-state index contributed by atoms with van der Waals surface area (Å²) in [5, 5.41) is 7.53. The molecule has 1 aromatic heterocycles. The maximum absolute atomic E-state index is 11.9. The fraction of sp³-hybridized carbons (Fsp3) is 0.158. The average Bonchev–Trinajstić information content (AvgIpc) is 3.17. The van der Waals surface area contributed by atoms with Crippen LogP contribution in [0.25, 0.3) is 11.4 Å². The zero-order valence-electron chi connectivity index (χ0n) is 14.8. The van der Waals surface area contributed by atoms with Crippen molar-refractivity contribution in [1.82, 2.24) is 10.1 Å². The summed E-state index contributed by atoms with van der Waals surface area (Å²) in [7, 11) is 0. The minimum absolute atomic E-state index is 0.0254. The summed E-state index contributed by atoms with van der Waals surface area (Å²) in [6, 6.07) is 11.8. The van der Waals surface area contributed by atoms with Gasteiger partial charge in [0.25, 0.3) is 5.91 Å². The number of hydrogen-bond acceptors (Lipinski definition) is 6. The second kappa shape index (κ2) is 9.73. The molecule has 0 spiro atoms. The normalized spacial score (nSPS) is 10.6. The molecule has 0 saturated carbocycles. The number of nitrogens with one attached hydrogen (secondary N) is 1. The average molecular weight is 455 g/mol. The van der Waals surface area contributed by atoms with Crippen LogP contribution < -0.4 is 5.32 Å². The number of halogens is 3. The summed E-state index contributed by atoms with van der Waals surface area (Å²) in [4.78, 5) is 28.0. The lowest BCUT2D eigenvalue weighted by Gasteiger charge is -2.09. The number of para-hydroxylation sites is 1. The van der Waals surface area contributed by atoms with Gasteiger partial charge in [0, 0.05) is 17.0 Å². The highest BCUT2D eigenvalue weighted by molar-refractivity contribution is 6.39. The molecule has 0 atom stereocenters. The molecule has 0 unspecified atom stereocenters. The highest BCUT2D eigenvalue weighted by atomic mass is 35.5. The molecule has 1 amide bonds. The Morgan fingerprint density at radius 3 is 2.41 bits per heavy atom. The molecule has 0 aliphatic rings. The van der Waals surface area contributed by atoms with E-state index < -0.39 is 18.5 Å². The van der Waals surface area contributed by atoms with E-state index in [2.05, 4.69) is 15.5 Å². The van der Waals surface area contributed by atoms with Crippen molar-refractivity contribution in [2.24, 2.45) is 0 Å². The van der Waals surface area contributed by atoms with Gasteiger partial charge in [0.1, 0.15) is 0 Å². The van der Waals surface area contributed by atoms with E-state index in [9.17, 15) is 9.59 Å². The topological polar surface area (TPSA) is 94.3 Å². The summed E-state index contributed by atoms with van der Waals surface area (Å²) in [5.41, 5.74) is 0.999. The lowest BCUT2D eigenvalue weighted by atomic mass is 10.2. The molecule has 3 rings (SSSR count). The van der Waals surface area contributed by atoms with Crippen molar-refractivity contribution < 1.29 is 18.8 Å². The van der Waals surface area contributed by atoms with Gasteiger partial charge in [0.15, 0.2) is 6.61 Å². The van der Waals surface area contributed by atoms with Gasteiger partial charge in [-0.15, -0.1) is 0 Å². The van der Waals surface area contributed by atoms with E-state index >= 15 is 0 Å². The monoisotopic (exact) mass is 453 g/mol. The molecule has 1 N–H and O–H groups in total. The summed E-state index contributed by atoms with van der Waals surface area (Å²) in [6.45, 7) is -0.472. The smallest absolute Gasteiger partial charge is 0.306 e. The first-order valence-corrected chi connectivity index (χ1v) is 9.54. The van der Waals surface area contributed by atoms with Gasteiger partial charge in [-0.25, -0.2) is 0 Å². The third kappa shape index (κ3) is 5.93. The van der Waals surface area contributed by atoms with Gasteiger partial charge in [-0.2, -0.15) is 4.98 Å². The Bertz CT molecular complexity index is 1000. The molecule has 29 heavy (non-hydrogen) atoms. The Kier molecular flexibility index (Phi) is 7.09. The lowest BCUT2D eigenvalue weighted by molar-refractivity contribution is -0.147. The van der Waals surface area contributed by atoms with Crippen LogP contribution in [0, 0.1) is 0 Å². The van der Waals surface area contributed by atoms with E-state index in [1.165, 1.54) is 0 Å². The number of carbonyl (C=O) groups excluding carboxylic acids is 2. The van der Waals surface area contributed by atoms with Crippen molar-refractivity contribution in [3.63, 3.8) is 0 Å². The standard InChI is InChI=1S/C19H14Cl3N3O4/c20-12-6-4-11(5-7-12)19-24-16(29-25-19)8-9-17(27)28-10-15(26)23-18-13(21)2-1-3-14(18)22/h1-7H,8-10H2,(H,23,26). The zero-order chi connectivity index (χ0) is 20.8. The molecular formula is C19H14Cl3N3O4. The molecule has 150 valence electrons. The predicted molar refractivity (Wildman–Crippen MR) is 109 cm³/mol. The number of anilines is 1. The van der Waals surface area contributed by atoms with E-state index in [1.807, 2.05) is 0 Å². The first kappa shape index (κ1) is 21.1. The Hall–Kier alpha value is -2.61. The molecule has 10 heteroatoms. The second-order valence-corrected chi connectivity index (χ2v) is 7.07. The van der Waals surface area contributed by atoms with E-state index in [0.717, 1.165) is 5.56 Å². The van der Waals surface area contributed by atoms with Gasteiger partial charge in [-0.1, -0.05) is 46.0 Å². The number of rotatable bonds is 7. The summed E-state index contributed by atoms with van der Waals surface area (Å²) < 4.78 is 10.1. The third-order valence-corrected chi connectivity index (χ3v) is 4.59. The van der Waals surface area contributed by atoms with E-state index in [1.54, 1.807) is 42.5 Å². The maximum Gasteiger partial charge on any atom is 0.306 e. The van der Waals surface area contributed by atoms with Crippen LogP contribution in [0.3, 0.4) is 0 Å². The van der Waals surface area contributed by atoms with Crippen molar-refractivity contribution in [3.05, 3.63) is 63.4 Å². The third-order valence-electron chi connectivity index (χ3n) is 3.70. The van der Waals surface area contributed by atoms with E-state index in [-0.39, 0.29) is 34.5 Å². The molecule has 0 radical (unpaired) electrons. The van der Waals surface area contributed by atoms with Gasteiger partial charge in [-0.3, -0.25) is 9.59 Å². The summed E-state index contributed by atoms with van der Waals surface area (Å²) >= 11 is 17.8. The summed E-state index contributed by atoms with van der Waals surface area (Å²) in [5.74, 6) is -0.479. The van der Waals surface area contributed by atoms with Crippen LogP contribution >= 0.6 is 34.8 Å². The quantitative estimate of drug-likeness (QED) is 0.515. The van der Waals surface area contributed by atoms with Crippen LogP contribution in [-0.2, 0) is 20.7 Å². The van der Waals surface area contributed by atoms with Gasteiger partial charge in [0.2, 0.25) is 11.7 Å². The number of carbonyl (C=O) groups is 2. The molecule has 0 fully saturated rings. The molecule has 3 aromatic rings. The number of aryl methyl sites for hydroxylation is 1.